The highest BCUT2D eigenvalue weighted by molar-refractivity contribution is 6.14. The average molecular weight is 367 g/mol. The first-order valence-electron chi connectivity index (χ1n) is 9.07. The zero-order chi connectivity index (χ0) is 19.1. The fourth-order valence-electron chi connectivity index (χ4n) is 3.69. The van der Waals surface area contributed by atoms with E-state index in [0.29, 0.717) is 6.54 Å². The third-order valence-corrected chi connectivity index (χ3v) is 5.01. The number of carbonyl (C=O) groups excluding carboxylic acids is 2. The quantitative estimate of drug-likeness (QED) is 0.424. The van der Waals surface area contributed by atoms with Crippen LogP contribution in [0, 0.1) is 0 Å². The number of nitrogens with one attached hydrogen (secondary N) is 2. The van der Waals surface area contributed by atoms with Crippen LogP contribution in [0.5, 0.6) is 0 Å². The molecule has 1 aromatic heterocycles. The SMILES string of the molecule is O=C1NC(=O)/C(=C\c2cn(Cc3ccc4ccccc4c3)c3ccccc23)N1. The number of rotatable bonds is 3. The zero-order valence-electron chi connectivity index (χ0n) is 15.0. The van der Waals surface area contributed by atoms with Gasteiger partial charge in [0.1, 0.15) is 5.70 Å². The largest absolute Gasteiger partial charge is 0.342 e. The molecule has 5 heteroatoms. The molecule has 0 unspecified atom stereocenters. The molecule has 2 heterocycles. The Morgan fingerprint density at radius 3 is 2.46 bits per heavy atom. The number of para-hydroxylation sites is 1. The van der Waals surface area contributed by atoms with E-state index in [1.165, 1.54) is 16.3 Å². The number of nitrogens with zero attached hydrogens (tertiary/aromatic N) is 1. The third-order valence-electron chi connectivity index (χ3n) is 5.01. The van der Waals surface area contributed by atoms with E-state index >= 15 is 0 Å². The molecule has 0 radical (unpaired) electrons. The van der Waals surface area contributed by atoms with Gasteiger partial charge >= 0.3 is 6.03 Å². The molecule has 0 bridgehead atoms. The molecule has 1 aliphatic heterocycles. The molecular formula is C23H17N3O2. The fourth-order valence-corrected chi connectivity index (χ4v) is 3.69. The second-order valence-corrected chi connectivity index (χ2v) is 6.88. The summed E-state index contributed by atoms with van der Waals surface area (Å²) >= 11 is 0. The summed E-state index contributed by atoms with van der Waals surface area (Å²) in [5.74, 6) is -0.406. The molecule has 28 heavy (non-hydrogen) atoms. The van der Waals surface area contributed by atoms with Crippen molar-refractivity contribution in [2.75, 3.05) is 0 Å². The van der Waals surface area contributed by atoms with Gasteiger partial charge in [-0.1, -0.05) is 54.6 Å². The standard InChI is InChI=1S/C23H17N3O2/c27-22-20(24-23(28)25-22)12-18-14-26(21-8-4-3-7-19(18)21)13-15-9-10-16-5-1-2-6-17(16)11-15/h1-12,14H,13H2,(H2,24,25,27,28)/b20-12+. The highest BCUT2D eigenvalue weighted by Crippen LogP contribution is 2.25. The molecule has 4 aromatic rings. The molecule has 3 aromatic carbocycles. The molecule has 3 amide bonds. The van der Waals surface area contributed by atoms with Crippen molar-refractivity contribution in [3.8, 4) is 0 Å². The van der Waals surface area contributed by atoms with E-state index in [4.69, 9.17) is 0 Å². The number of carbonyl (C=O) groups is 2. The Bertz CT molecular complexity index is 1280. The van der Waals surface area contributed by atoms with Gasteiger partial charge in [0.05, 0.1) is 0 Å². The first-order valence-corrected chi connectivity index (χ1v) is 9.07. The van der Waals surface area contributed by atoms with Crippen molar-refractivity contribution >= 4 is 39.7 Å². The van der Waals surface area contributed by atoms with E-state index in [-0.39, 0.29) is 5.70 Å². The molecule has 1 aliphatic rings. The van der Waals surface area contributed by atoms with Crippen LogP contribution in [-0.2, 0) is 11.3 Å². The molecule has 136 valence electrons. The molecule has 2 N–H and O–H groups in total. The van der Waals surface area contributed by atoms with Crippen molar-refractivity contribution in [2.45, 2.75) is 6.54 Å². The number of imide groups is 1. The average Bonchev–Trinajstić information content (AvgIpc) is 3.21. The second kappa shape index (κ2) is 6.39. The number of aromatic nitrogens is 1. The van der Waals surface area contributed by atoms with Crippen LogP contribution < -0.4 is 10.6 Å². The summed E-state index contributed by atoms with van der Waals surface area (Å²) in [5.41, 5.74) is 3.43. The Balaban J connectivity index is 1.57. The first-order chi connectivity index (χ1) is 13.7. The molecular weight excluding hydrogens is 350 g/mol. The van der Waals surface area contributed by atoms with E-state index in [2.05, 4.69) is 51.6 Å². The monoisotopic (exact) mass is 367 g/mol. The molecule has 0 saturated carbocycles. The molecule has 0 spiro atoms. The molecule has 1 saturated heterocycles. The van der Waals surface area contributed by atoms with Crippen molar-refractivity contribution in [1.82, 2.24) is 15.2 Å². The molecule has 5 rings (SSSR count). The number of hydrogen-bond donors (Lipinski definition) is 2. The van der Waals surface area contributed by atoms with Gasteiger partial charge in [-0.25, -0.2) is 4.79 Å². The van der Waals surface area contributed by atoms with Gasteiger partial charge < -0.3 is 9.88 Å². The fraction of sp³-hybridized carbons (Fsp3) is 0.0435. The number of urea groups is 1. The van der Waals surface area contributed by atoms with Crippen LogP contribution in [0.2, 0.25) is 0 Å². The summed E-state index contributed by atoms with van der Waals surface area (Å²) in [4.78, 5) is 23.3. The second-order valence-electron chi connectivity index (χ2n) is 6.88. The lowest BCUT2D eigenvalue weighted by atomic mass is 10.1. The Labute approximate surface area is 161 Å². The lowest BCUT2D eigenvalue weighted by Gasteiger charge is -2.07. The highest BCUT2D eigenvalue weighted by Gasteiger charge is 2.23. The number of hydrogen-bond acceptors (Lipinski definition) is 2. The number of benzene rings is 3. The lowest BCUT2D eigenvalue weighted by molar-refractivity contribution is -0.115. The van der Waals surface area contributed by atoms with Crippen LogP contribution in [0.4, 0.5) is 4.79 Å². The number of fused-ring (bicyclic) bond motifs is 2. The summed E-state index contributed by atoms with van der Waals surface area (Å²) in [5, 5.41) is 8.25. The van der Waals surface area contributed by atoms with E-state index in [9.17, 15) is 9.59 Å². The first kappa shape index (κ1) is 16.3. The molecule has 0 atom stereocenters. The summed E-state index contributed by atoms with van der Waals surface area (Å²) in [6, 6.07) is 22.3. The van der Waals surface area contributed by atoms with Crippen LogP contribution in [0.15, 0.2) is 78.6 Å². The summed E-state index contributed by atoms with van der Waals surface area (Å²) in [6.07, 6.45) is 3.74. The smallest absolute Gasteiger partial charge is 0.326 e. The molecule has 1 fully saturated rings. The minimum absolute atomic E-state index is 0.263. The maximum absolute atomic E-state index is 11.9. The van der Waals surface area contributed by atoms with Gasteiger partial charge in [-0.15, -0.1) is 0 Å². The van der Waals surface area contributed by atoms with E-state index in [1.807, 2.05) is 36.5 Å². The van der Waals surface area contributed by atoms with Gasteiger partial charge in [0.25, 0.3) is 5.91 Å². The minimum Gasteiger partial charge on any atom is -0.342 e. The summed E-state index contributed by atoms with van der Waals surface area (Å²) in [6.45, 7) is 0.715. The number of amides is 3. The Hall–Kier alpha value is -3.86. The predicted octanol–water partition coefficient (Wildman–Crippen LogP) is 4.02. The van der Waals surface area contributed by atoms with E-state index < -0.39 is 11.9 Å². The van der Waals surface area contributed by atoms with Crippen molar-refractivity contribution < 1.29 is 9.59 Å². The minimum atomic E-state index is -0.490. The maximum atomic E-state index is 11.9. The summed E-state index contributed by atoms with van der Waals surface area (Å²) in [7, 11) is 0. The topological polar surface area (TPSA) is 63.1 Å². The normalized spacial score (nSPS) is 15.4. The van der Waals surface area contributed by atoms with Gasteiger partial charge in [-0.2, -0.15) is 0 Å². The van der Waals surface area contributed by atoms with Crippen LogP contribution in [0.25, 0.3) is 27.8 Å². The Kier molecular flexibility index (Phi) is 3.72. The van der Waals surface area contributed by atoms with Crippen molar-refractivity contribution in [2.24, 2.45) is 0 Å². The van der Waals surface area contributed by atoms with E-state index in [0.717, 1.165) is 16.5 Å². The van der Waals surface area contributed by atoms with Crippen LogP contribution in [0.1, 0.15) is 11.1 Å². The Morgan fingerprint density at radius 2 is 1.64 bits per heavy atom. The Morgan fingerprint density at radius 1 is 0.857 bits per heavy atom. The van der Waals surface area contributed by atoms with Crippen molar-refractivity contribution in [1.29, 1.82) is 0 Å². The van der Waals surface area contributed by atoms with Crippen LogP contribution in [-0.4, -0.2) is 16.5 Å². The molecule has 5 nitrogen and oxygen atoms in total. The van der Waals surface area contributed by atoms with Crippen molar-refractivity contribution in [3.05, 3.63) is 89.8 Å². The van der Waals surface area contributed by atoms with Gasteiger partial charge in [0.2, 0.25) is 0 Å². The van der Waals surface area contributed by atoms with Crippen molar-refractivity contribution in [3.63, 3.8) is 0 Å². The van der Waals surface area contributed by atoms with Crippen LogP contribution in [0.3, 0.4) is 0 Å². The van der Waals surface area contributed by atoms with E-state index in [1.54, 1.807) is 6.08 Å². The van der Waals surface area contributed by atoms with Gasteiger partial charge in [0, 0.05) is 29.2 Å². The zero-order valence-corrected chi connectivity index (χ0v) is 15.0. The predicted molar refractivity (Wildman–Crippen MR) is 110 cm³/mol. The molecule has 0 aliphatic carbocycles. The maximum Gasteiger partial charge on any atom is 0.326 e. The van der Waals surface area contributed by atoms with Gasteiger partial charge in [0.15, 0.2) is 0 Å². The summed E-state index contributed by atoms with van der Waals surface area (Å²) < 4.78 is 2.17. The highest BCUT2D eigenvalue weighted by atomic mass is 16.2. The lowest BCUT2D eigenvalue weighted by Crippen LogP contribution is -2.22. The van der Waals surface area contributed by atoms with Crippen LogP contribution >= 0.6 is 0 Å². The van der Waals surface area contributed by atoms with Gasteiger partial charge in [-0.05, 0) is 34.5 Å². The van der Waals surface area contributed by atoms with Gasteiger partial charge in [-0.3, -0.25) is 10.1 Å². The third kappa shape index (κ3) is 2.83.